The Morgan fingerprint density at radius 1 is 1.57 bits per heavy atom. The zero-order valence-corrected chi connectivity index (χ0v) is 13.8. The number of piperidine rings is 1. The quantitative estimate of drug-likeness (QED) is 0.889. The number of hydrogen-bond acceptors (Lipinski definition) is 7. The molecular weight excluding hydrogens is 310 g/mol. The smallest absolute Gasteiger partial charge is 0.144 e. The number of pyridine rings is 1. The fourth-order valence-electron chi connectivity index (χ4n) is 2.81. The maximum Gasteiger partial charge on any atom is 0.144 e. The van der Waals surface area contributed by atoms with Crippen molar-refractivity contribution < 1.29 is 5.11 Å². The van der Waals surface area contributed by atoms with Crippen molar-refractivity contribution in [2.75, 3.05) is 18.4 Å². The lowest BCUT2D eigenvalue weighted by Crippen LogP contribution is -2.49. The normalized spacial score (nSPS) is 21.8. The van der Waals surface area contributed by atoms with Crippen molar-refractivity contribution in [2.24, 2.45) is 0 Å². The van der Waals surface area contributed by atoms with Gasteiger partial charge in [-0.15, -0.1) is 11.3 Å². The van der Waals surface area contributed by atoms with Crippen LogP contribution in [0.4, 0.5) is 5.82 Å². The molecule has 3 rings (SSSR count). The number of nitrogens with one attached hydrogen (secondary N) is 1. The summed E-state index contributed by atoms with van der Waals surface area (Å²) in [5.74, 6) is 0.544. The summed E-state index contributed by atoms with van der Waals surface area (Å²) < 4.78 is 0. The van der Waals surface area contributed by atoms with Gasteiger partial charge in [0.2, 0.25) is 0 Å². The van der Waals surface area contributed by atoms with E-state index in [2.05, 4.69) is 31.6 Å². The van der Waals surface area contributed by atoms with Gasteiger partial charge in [-0.3, -0.25) is 4.90 Å². The average Bonchev–Trinajstić information content (AvgIpc) is 2.95. The monoisotopic (exact) mass is 329 g/mol. The Labute approximate surface area is 139 Å². The number of likely N-dealkylation sites (tertiary alicyclic amines) is 1. The van der Waals surface area contributed by atoms with Crippen LogP contribution in [0.5, 0.6) is 0 Å². The molecular formula is C16H19N5OS. The number of hydrogen-bond donors (Lipinski definition) is 2. The summed E-state index contributed by atoms with van der Waals surface area (Å²) in [6.45, 7) is 4.23. The van der Waals surface area contributed by atoms with Crippen LogP contribution in [0.2, 0.25) is 0 Å². The highest BCUT2D eigenvalue weighted by atomic mass is 32.1. The Bertz CT molecular complexity index is 710. The van der Waals surface area contributed by atoms with Crippen molar-refractivity contribution in [3.63, 3.8) is 0 Å². The van der Waals surface area contributed by atoms with Crippen LogP contribution in [0.25, 0.3) is 0 Å². The highest BCUT2D eigenvalue weighted by Gasteiger charge is 2.28. The molecule has 2 atom stereocenters. The Balaban J connectivity index is 1.59. The van der Waals surface area contributed by atoms with E-state index in [0.717, 1.165) is 30.2 Å². The van der Waals surface area contributed by atoms with E-state index >= 15 is 0 Å². The molecule has 23 heavy (non-hydrogen) atoms. The number of aromatic nitrogens is 2. The van der Waals surface area contributed by atoms with Crippen LogP contribution in [-0.2, 0) is 6.54 Å². The third kappa shape index (κ3) is 3.85. The first-order valence-corrected chi connectivity index (χ1v) is 8.47. The van der Waals surface area contributed by atoms with Crippen LogP contribution in [0.1, 0.15) is 22.7 Å². The molecule has 0 radical (unpaired) electrons. The Hall–Kier alpha value is -2.01. The molecule has 0 aliphatic carbocycles. The van der Waals surface area contributed by atoms with Gasteiger partial charge in [0.05, 0.1) is 28.4 Å². The van der Waals surface area contributed by atoms with Gasteiger partial charge in [-0.2, -0.15) is 5.26 Å². The minimum Gasteiger partial charge on any atom is -0.390 e. The summed E-state index contributed by atoms with van der Waals surface area (Å²) >= 11 is 1.65. The number of anilines is 1. The topological polar surface area (TPSA) is 85.1 Å². The molecule has 0 amide bonds. The standard InChI is InChI=1S/C16H19N5OS/c1-11-19-13(10-23-11)8-21-6-4-14(15(22)9-21)20-16-12(7-17)3-2-5-18-16/h2-3,5,10,14-15,22H,4,6,8-9H2,1H3,(H,18,20)/t14-,15-/m1/s1. The molecule has 120 valence electrons. The van der Waals surface area contributed by atoms with Gasteiger partial charge < -0.3 is 10.4 Å². The number of thiazole rings is 1. The highest BCUT2D eigenvalue weighted by molar-refractivity contribution is 7.09. The Morgan fingerprint density at radius 2 is 2.43 bits per heavy atom. The lowest BCUT2D eigenvalue weighted by Gasteiger charge is -2.36. The number of rotatable bonds is 4. The second-order valence-electron chi connectivity index (χ2n) is 5.71. The number of nitriles is 1. The summed E-state index contributed by atoms with van der Waals surface area (Å²) in [5.41, 5.74) is 1.56. The summed E-state index contributed by atoms with van der Waals surface area (Å²) in [6, 6.07) is 5.49. The largest absolute Gasteiger partial charge is 0.390 e. The SMILES string of the molecule is Cc1nc(CN2CC[C@@H](Nc3ncccc3C#N)[C@H](O)C2)cs1. The molecule has 1 aliphatic heterocycles. The molecule has 1 saturated heterocycles. The van der Waals surface area contributed by atoms with Crippen LogP contribution in [0.3, 0.4) is 0 Å². The van der Waals surface area contributed by atoms with Gasteiger partial charge in [-0.1, -0.05) is 0 Å². The van der Waals surface area contributed by atoms with Crippen LogP contribution in [0, 0.1) is 18.3 Å². The molecule has 0 unspecified atom stereocenters. The zero-order valence-electron chi connectivity index (χ0n) is 12.9. The molecule has 1 aliphatic rings. The first-order chi connectivity index (χ1) is 11.2. The Kier molecular flexibility index (Phi) is 4.86. The van der Waals surface area contributed by atoms with Gasteiger partial charge in [0.25, 0.3) is 0 Å². The maximum absolute atomic E-state index is 10.4. The summed E-state index contributed by atoms with van der Waals surface area (Å²) in [7, 11) is 0. The molecule has 0 saturated carbocycles. The van der Waals surface area contributed by atoms with Crippen molar-refractivity contribution in [1.29, 1.82) is 5.26 Å². The molecule has 0 bridgehead atoms. The van der Waals surface area contributed by atoms with Crippen molar-refractivity contribution in [2.45, 2.75) is 32.0 Å². The van der Waals surface area contributed by atoms with Crippen molar-refractivity contribution in [3.8, 4) is 6.07 Å². The van der Waals surface area contributed by atoms with E-state index in [9.17, 15) is 5.11 Å². The minimum atomic E-state index is -0.503. The molecule has 0 aromatic carbocycles. The van der Waals surface area contributed by atoms with E-state index in [4.69, 9.17) is 5.26 Å². The maximum atomic E-state index is 10.4. The fourth-order valence-corrected chi connectivity index (χ4v) is 3.41. The Morgan fingerprint density at radius 3 is 3.13 bits per heavy atom. The first-order valence-electron chi connectivity index (χ1n) is 7.59. The predicted octanol–water partition coefficient (Wildman–Crippen LogP) is 1.77. The van der Waals surface area contributed by atoms with E-state index < -0.39 is 6.10 Å². The van der Waals surface area contributed by atoms with Gasteiger partial charge in [0, 0.05) is 31.2 Å². The van der Waals surface area contributed by atoms with Crippen molar-refractivity contribution in [3.05, 3.63) is 40.0 Å². The van der Waals surface area contributed by atoms with Gasteiger partial charge in [0.15, 0.2) is 0 Å². The summed E-state index contributed by atoms with van der Waals surface area (Å²) in [4.78, 5) is 10.9. The van der Waals surface area contributed by atoms with E-state index in [-0.39, 0.29) is 6.04 Å². The molecule has 2 N–H and O–H groups in total. The zero-order chi connectivity index (χ0) is 16.2. The predicted molar refractivity (Wildman–Crippen MR) is 89.1 cm³/mol. The second-order valence-corrected chi connectivity index (χ2v) is 6.77. The second kappa shape index (κ2) is 7.04. The summed E-state index contributed by atoms with van der Waals surface area (Å²) in [6.07, 6.45) is 1.94. The van der Waals surface area contributed by atoms with Gasteiger partial charge in [0.1, 0.15) is 11.9 Å². The number of aliphatic hydroxyl groups excluding tert-OH is 1. The average molecular weight is 329 g/mol. The van der Waals surface area contributed by atoms with Crippen LogP contribution < -0.4 is 5.32 Å². The minimum absolute atomic E-state index is 0.0922. The van der Waals surface area contributed by atoms with E-state index in [0.29, 0.717) is 17.9 Å². The van der Waals surface area contributed by atoms with Gasteiger partial charge >= 0.3 is 0 Å². The molecule has 2 aromatic heterocycles. The van der Waals surface area contributed by atoms with Crippen LogP contribution in [0.15, 0.2) is 23.7 Å². The first kappa shape index (κ1) is 15.9. The molecule has 1 fully saturated rings. The number of aryl methyl sites for hydroxylation is 1. The lowest BCUT2D eigenvalue weighted by atomic mass is 10.0. The number of β-amino-alcohol motifs (C(OH)–C–C–N with tert-alkyl or cyclic N) is 1. The molecule has 0 spiro atoms. The third-order valence-corrected chi connectivity index (χ3v) is 4.79. The lowest BCUT2D eigenvalue weighted by molar-refractivity contribution is 0.0555. The van der Waals surface area contributed by atoms with Gasteiger partial charge in [-0.05, 0) is 25.5 Å². The van der Waals surface area contributed by atoms with Gasteiger partial charge in [-0.25, -0.2) is 9.97 Å². The van der Waals surface area contributed by atoms with Crippen molar-refractivity contribution in [1.82, 2.24) is 14.9 Å². The van der Waals surface area contributed by atoms with E-state index in [1.54, 1.807) is 29.7 Å². The van der Waals surface area contributed by atoms with Crippen molar-refractivity contribution >= 4 is 17.2 Å². The molecule has 2 aromatic rings. The van der Waals surface area contributed by atoms with Crippen LogP contribution >= 0.6 is 11.3 Å². The molecule has 7 heteroatoms. The molecule has 3 heterocycles. The number of aliphatic hydroxyl groups is 1. The summed E-state index contributed by atoms with van der Waals surface area (Å²) in [5, 5.41) is 25.9. The number of nitrogens with zero attached hydrogens (tertiary/aromatic N) is 4. The highest BCUT2D eigenvalue weighted by Crippen LogP contribution is 2.20. The fraction of sp³-hybridized carbons (Fsp3) is 0.438. The van der Waals surface area contributed by atoms with E-state index in [1.165, 1.54) is 0 Å². The van der Waals surface area contributed by atoms with E-state index in [1.807, 2.05) is 6.92 Å². The third-order valence-electron chi connectivity index (χ3n) is 3.97. The molecule has 6 nitrogen and oxygen atoms in total. The van der Waals surface area contributed by atoms with Crippen LogP contribution in [-0.4, -0.2) is 45.2 Å².